The Morgan fingerprint density at radius 3 is 3.33 bits per heavy atom. The molecule has 0 atom stereocenters. The Bertz CT molecular complexity index is 556. The van der Waals surface area contributed by atoms with Crippen LogP contribution in [0.3, 0.4) is 0 Å². The lowest BCUT2D eigenvalue weighted by molar-refractivity contribution is -0.124. The van der Waals surface area contributed by atoms with Crippen molar-refractivity contribution >= 4 is 28.1 Å². The summed E-state index contributed by atoms with van der Waals surface area (Å²) in [6, 6.07) is 0. The number of amides is 1. The van der Waals surface area contributed by atoms with Crippen molar-refractivity contribution in [2.24, 2.45) is 5.10 Å². The highest BCUT2D eigenvalue weighted by molar-refractivity contribution is 7.15. The van der Waals surface area contributed by atoms with Crippen LogP contribution in [0.2, 0.25) is 0 Å². The highest BCUT2D eigenvalue weighted by Crippen LogP contribution is 2.16. The summed E-state index contributed by atoms with van der Waals surface area (Å²) < 4.78 is 7.07. The molecule has 7 heteroatoms. The number of fused-ring (bicyclic) bond motifs is 1. The number of hydrogen-bond acceptors (Lipinski definition) is 5. The van der Waals surface area contributed by atoms with Gasteiger partial charge < -0.3 is 4.74 Å². The summed E-state index contributed by atoms with van der Waals surface area (Å²) in [5.41, 5.74) is 3.17. The number of nitrogens with one attached hydrogen (secondary N) is 1. The van der Waals surface area contributed by atoms with E-state index in [1.807, 2.05) is 16.0 Å². The minimum atomic E-state index is -0.240. The van der Waals surface area contributed by atoms with Crippen LogP contribution in [0.1, 0.15) is 5.69 Å². The Hall–Kier alpha value is -1.89. The normalized spacial score (nSPS) is 16.0. The smallest absolute Gasteiger partial charge is 0.278 e. The molecule has 76 valence electrons. The first kappa shape index (κ1) is 8.42. The third-order valence-electron chi connectivity index (χ3n) is 1.98. The summed E-state index contributed by atoms with van der Waals surface area (Å²) in [4.78, 5) is 15.8. The molecule has 15 heavy (non-hydrogen) atoms. The quantitative estimate of drug-likeness (QED) is 0.749. The zero-order valence-corrected chi connectivity index (χ0v) is 8.32. The van der Waals surface area contributed by atoms with Crippen LogP contribution in [-0.4, -0.2) is 27.8 Å². The molecule has 2 aromatic heterocycles. The van der Waals surface area contributed by atoms with E-state index in [1.165, 1.54) is 11.3 Å². The van der Waals surface area contributed by atoms with Gasteiger partial charge in [0.1, 0.15) is 5.69 Å². The maximum atomic E-state index is 10.8. The highest BCUT2D eigenvalue weighted by Gasteiger charge is 2.17. The summed E-state index contributed by atoms with van der Waals surface area (Å²) >= 11 is 1.49. The molecule has 1 aliphatic rings. The van der Waals surface area contributed by atoms with Crippen molar-refractivity contribution in [1.82, 2.24) is 14.8 Å². The van der Waals surface area contributed by atoms with Crippen LogP contribution in [-0.2, 0) is 9.53 Å². The molecule has 1 amide bonds. The SMILES string of the molecule is O=C1COC(c2csc3nccn23)=NN1. The monoisotopic (exact) mass is 222 g/mol. The number of imidazole rings is 1. The highest BCUT2D eigenvalue weighted by atomic mass is 32.1. The largest absolute Gasteiger partial charge is 0.465 e. The van der Waals surface area contributed by atoms with Crippen molar-refractivity contribution in [2.45, 2.75) is 0 Å². The molecule has 6 nitrogen and oxygen atoms in total. The van der Waals surface area contributed by atoms with Gasteiger partial charge in [0.05, 0.1) is 0 Å². The van der Waals surface area contributed by atoms with Gasteiger partial charge in [-0.15, -0.1) is 16.4 Å². The lowest BCUT2D eigenvalue weighted by atomic mass is 10.4. The molecular formula is C8H6N4O2S. The van der Waals surface area contributed by atoms with E-state index >= 15 is 0 Å². The molecule has 3 rings (SSSR count). The second kappa shape index (κ2) is 3.06. The van der Waals surface area contributed by atoms with Gasteiger partial charge in [-0.3, -0.25) is 9.20 Å². The zero-order chi connectivity index (χ0) is 10.3. The van der Waals surface area contributed by atoms with Gasteiger partial charge in [0, 0.05) is 17.8 Å². The lowest BCUT2D eigenvalue weighted by Crippen LogP contribution is -2.32. The molecule has 0 bridgehead atoms. The number of thiazole rings is 1. The van der Waals surface area contributed by atoms with E-state index in [-0.39, 0.29) is 12.5 Å². The molecule has 0 saturated heterocycles. The Balaban J connectivity index is 2.07. The molecule has 1 aliphatic heterocycles. The van der Waals surface area contributed by atoms with Crippen molar-refractivity contribution in [3.05, 3.63) is 23.5 Å². The maximum Gasteiger partial charge on any atom is 0.278 e. The number of rotatable bonds is 1. The molecule has 0 aliphatic carbocycles. The number of carbonyl (C=O) groups is 1. The standard InChI is InChI=1S/C8H6N4O2S/c13-6-3-14-7(11-10-6)5-4-15-8-9-1-2-12(5)8/h1-2,4H,3H2,(H,10,13). The fourth-order valence-corrected chi connectivity index (χ4v) is 2.15. The van der Waals surface area contributed by atoms with E-state index in [1.54, 1.807) is 6.20 Å². The Morgan fingerprint density at radius 1 is 1.60 bits per heavy atom. The van der Waals surface area contributed by atoms with E-state index in [4.69, 9.17) is 4.74 Å². The number of carbonyl (C=O) groups excluding carboxylic acids is 1. The minimum absolute atomic E-state index is 0.00483. The van der Waals surface area contributed by atoms with E-state index in [9.17, 15) is 4.79 Å². The van der Waals surface area contributed by atoms with Gasteiger partial charge in [0.15, 0.2) is 11.6 Å². The van der Waals surface area contributed by atoms with Crippen LogP contribution >= 0.6 is 11.3 Å². The molecule has 2 aromatic rings. The number of aromatic nitrogens is 2. The molecule has 3 heterocycles. The van der Waals surface area contributed by atoms with Crippen LogP contribution in [0.5, 0.6) is 0 Å². The van der Waals surface area contributed by atoms with Gasteiger partial charge in [0.25, 0.3) is 11.8 Å². The van der Waals surface area contributed by atoms with E-state index in [0.717, 1.165) is 10.7 Å². The molecular weight excluding hydrogens is 216 g/mol. The van der Waals surface area contributed by atoms with Gasteiger partial charge in [-0.1, -0.05) is 0 Å². The molecule has 0 radical (unpaired) electrons. The summed E-state index contributed by atoms with van der Waals surface area (Å²) in [6.45, 7) is 0.00483. The minimum Gasteiger partial charge on any atom is -0.465 e. The number of ether oxygens (including phenoxy) is 1. The predicted octanol–water partition coefficient (Wildman–Crippen LogP) is 0.204. The van der Waals surface area contributed by atoms with Crippen LogP contribution in [0.25, 0.3) is 4.96 Å². The summed E-state index contributed by atoms with van der Waals surface area (Å²) in [7, 11) is 0. The zero-order valence-electron chi connectivity index (χ0n) is 7.51. The number of hydrazone groups is 1. The van der Waals surface area contributed by atoms with Crippen molar-refractivity contribution in [3.8, 4) is 0 Å². The predicted molar refractivity (Wildman–Crippen MR) is 53.7 cm³/mol. The molecule has 0 aromatic carbocycles. The second-order valence-corrected chi connectivity index (χ2v) is 3.78. The average Bonchev–Trinajstić information content (AvgIpc) is 2.80. The molecule has 1 N–H and O–H groups in total. The van der Waals surface area contributed by atoms with Crippen molar-refractivity contribution < 1.29 is 9.53 Å². The second-order valence-electron chi connectivity index (χ2n) is 2.94. The Labute approximate surface area is 88.2 Å². The third-order valence-corrected chi connectivity index (χ3v) is 2.84. The fourth-order valence-electron chi connectivity index (χ4n) is 1.32. The van der Waals surface area contributed by atoms with Crippen molar-refractivity contribution in [2.75, 3.05) is 6.61 Å². The van der Waals surface area contributed by atoms with Crippen LogP contribution < -0.4 is 5.43 Å². The average molecular weight is 222 g/mol. The number of hydrogen-bond donors (Lipinski definition) is 1. The molecule has 0 fully saturated rings. The first-order valence-corrected chi connectivity index (χ1v) is 5.13. The maximum absolute atomic E-state index is 10.8. The van der Waals surface area contributed by atoms with Gasteiger partial charge in [-0.2, -0.15) is 0 Å². The fraction of sp³-hybridized carbons (Fsp3) is 0.125. The van der Waals surface area contributed by atoms with Gasteiger partial charge >= 0.3 is 0 Å². The van der Waals surface area contributed by atoms with Gasteiger partial charge in [0.2, 0.25) is 0 Å². The van der Waals surface area contributed by atoms with E-state index < -0.39 is 0 Å². The molecule has 0 saturated carbocycles. The van der Waals surface area contributed by atoms with Crippen LogP contribution in [0.15, 0.2) is 22.9 Å². The molecule has 0 spiro atoms. The third kappa shape index (κ3) is 1.28. The van der Waals surface area contributed by atoms with Gasteiger partial charge in [-0.05, 0) is 0 Å². The van der Waals surface area contributed by atoms with Crippen LogP contribution in [0, 0.1) is 0 Å². The summed E-state index contributed by atoms with van der Waals surface area (Å²) in [6.07, 6.45) is 3.53. The summed E-state index contributed by atoms with van der Waals surface area (Å²) in [5, 5.41) is 5.72. The first-order chi connectivity index (χ1) is 7.34. The topological polar surface area (TPSA) is 68.0 Å². The Morgan fingerprint density at radius 2 is 2.53 bits per heavy atom. The first-order valence-electron chi connectivity index (χ1n) is 4.25. The van der Waals surface area contributed by atoms with Gasteiger partial charge in [-0.25, -0.2) is 10.4 Å². The lowest BCUT2D eigenvalue weighted by Gasteiger charge is -2.12. The van der Waals surface area contributed by atoms with Crippen molar-refractivity contribution in [1.29, 1.82) is 0 Å². The molecule has 0 unspecified atom stereocenters. The van der Waals surface area contributed by atoms with Crippen LogP contribution in [0.4, 0.5) is 0 Å². The van der Waals surface area contributed by atoms with E-state index in [2.05, 4.69) is 15.5 Å². The van der Waals surface area contributed by atoms with Crippen molar-refractivity contribution in [3.63, 3.8) is 0 Å². The van der Waals surface area contributed by atoms with E-state index in [0.29, 0.717) is 5.90 Å². The number of nitrogens with zero attached hydrogens (tertiary/aromatic N) is 3. The Kier molecular flexibility index (Phi) is 1.72. The summed E-state index contributed by atoms with van der Waals surface area (Å²) in [5.74, 6) is 0.176.